The summed E-state index contributed by atoms with van der Waals surface area (Å²) in [4.78, 5) is 0. The zero-order valence-corrected chi connectivity index (χ0v) is 25.5. The van der Waals surface area contributed by atoms with Crippen LogP contribution in [-0.2, 0) is 0 Å². The summed E-state index contributed by atoms with van der Waals surface area (Å²) in [5.74, 6) is 0.872. The van der Waals surface area contributed by atoms with E-state index < -0.39 is 0 Å². The first kappa shape index (κ1) is 26.5. The third kappa shape index (κ3) is 4.02. The summed E-state index contributed by atoms with van der Waals surface area (Å²) in [6.45, 7) is 6.35. The van der Waals surface area contributed by atoms with E-state index in [0.29, 0.717) is 0 Å². The Balaban J connectivity index is 1.35. The quantitative estimate of drug-likeness (QED) is 0.148. The van der Waals surface area contributed by atoms with E-state index in [0.717, 1.165) is 32.7 Å². The molecule has 0 radical (unpaired) electrons. The lowest BCUT2D eigenvalue weighted by Gasteiger charge is -2.19. The number of hydrogen-bond donors (Lipinski definition) is 0. The maximum atomic E-state index is 6.39. The Bertz CT molecular complexity index is 2720. The van der Waals surface area contributed by atoms with Gasteiger partial charge in [0.1, 0.15) is 11.3 Å². The van der Waals surface area contributed by atoms with Crippen LogP contribution in [0.2, 0.25) is 0 Å². The molecule has 0 spiro atoms. The van der Waals surface area contributed by atoms with Crippen LogP contribution in [0.4, 0.5) is 0 Å². The topological polar surface area (TPSA) is 13.1 Å². The lowest BCUT2D eigenvalue weighted by atomic mass is 9.83. The molecule has 9 rings (SSSR count). The molecule has 46 heavy (non-hydrogen) atoms. The Morgan fingerprint density at radius 3 is 1.76 bits per heavy atom. The third-order valence-electron chi connectivity index (χ3n) is 9.57. The molecule has 1 aromatic heterocycles. The lowest BCUT2D eigenvalue weighted by Crippen LogP contribution is -2.21. The van der Waals surface area contributed by atoms with Gasteiger partial charge in [0, 0.05) is 10.9 Å². The number of hydrogen-bond acceptors (Lipinski definition) is 1. The Morgan fingerprint density at radius 1 is 0.500 bits per heavy atom. The normalized spacial score (nSPS) is 12.2. The summed E-state index contributed by atoms with van der Waals surface area (Å²) in [6.07, 6.45) is 2.10. The van der Waals surface area contributed by atoms with Crippen molar-refractivity contribution in [2.75, 3.05) is 0 Å². The molecule has 0 saturated carbocycles. The van der Waals surface area contributed by atoms with Crippen LogP contribution in [0.15, 0.2) is 150 Å². The van der Waals surface area contributed by atoms with Gasteiger partial charge < -0.3 is 4.42 Å². The molecule has 1 heterocycles. The molecule has 0 aliphatic rings. The number of aryl methyl sites for hydroxylation is 1. The van der Waals surface area contributed by atoms with Gasteiger partial charge in [-0.25, -0.2) is 0 Å². The molecule has 0 aliphatic heterocycles. The number of fused-ring (bicyclic) bond motifs is 6. The second-order valence-corrected chi connectivity index (χ2v) is 12.2. The van der Waals surface area contributed by atoms with E-state index in [1.54, 1.807) is 0 Å². The van der Waals surface area contributed by atoms with Gasteiger partial charge in [-0.05, 0) is 107 Å². The summed E-state index contributed by atoms with van der Waals surface area (Å²) in [5.41, 5.74) is 7.00. The summed E-state index contributed by atoms with van der Waals surface area (Å²) in [7, 11) is 0. The molecular formula is C45H30O. The average Bonchev–Trinajstić information content (AvgIpc) is 3.41. The molecule has 0 aliphatic carbocycles. The summed E-state index contributed by atoms with van der Waals surface area (Å²) < 4.78 is 6.39. The molecule has 0 unspecified atom stereocenters. The maximum absolute atomic E-state index is 6.39. The van der Waals surface area contributed by atoms with Crippen LogP contribution < -0.4 is 10.4 Å². The van der Waals surface area contributed by atoms with Crippen molar-refractivity contribution < 1.29 is 4.42 Å². The summed E-state index contributed by atoms with van der Waals surface area (Å²) >= 11 is 0. The van der Waals surface area contributed by atoms with Gasteiger partial charge in [0.15, 0.2) is 0 Å². The Hall–Kier alpha value is -5.92. The SMILES string of the molecule is C=c1cccc/c1=C/c1oc2ccc(-c3c4ccccc4c(-c4cc5ccccc5c5ccccc45)c4ccccc34)cc2c1C. The van der Waals surface area contributed by atoms with Gasteiger partial charge in [-0.3, -0.25) is 0 Å². The summed E-state index contributed by atoms with van der Waals surface area (Å²) in [6, 6.07) is 52.5. The van der Waals surface area contributed by atoms with Crippen molar-refractivity contribution >= 4 is 66.7 Å². The van der Waals surface area contributed by atoms with Crippen LogP contribution in [0.1, 0.15) is 11.3 Å². The zero-order valence-electron chi connectivity index (χ0n) is 25.5. The molecule has 8 aromatic carbocycles. The van der Waals surface area contributed by atoms with Crippen molar-refractivity contribution in [3.05, 3.63) is 167 Å². The fraction of sp³-hybridized carbons (Fsp3) is 0.0222. The lowest BCUT2D eigenvalue weighted by molar-refractivity contribution is 0.601. The molecule has 0 bridgehead atoms. The Labute approximate surface area is 267 Å². The number of rotatable bonds is 3. The molecule has 0 fully saturated rings. The minimum Gasteiger partial charge on any atom is -0.456 e. The largest absolute Gasteiger partial charge is 0.456 e. The molecular weight excluding hydrogens is 556 g/mol. The van der Waals surface area contributed by atoms with Crippen molar-refractivity contribution in [1.82, 2.24) is 0 Å². The van der Waals surface area contributed by atoms with E-state index in [9.17, 15) is 0 Å². The van der Waals surface area contributed by atoms with Gasteiger partial charge >= 0.3 is 0 Å². The van der Waals surface area contributed by atoms with Gasteiger partial charge in [0.25, 0.3) is 0 Å². The average molecular weight is 587 g/mol. The van der Waals surface area contributed by atoms with Crippen LogP contribution in [0, 0.1) is 6.92 Å². The second kappa shape index (κ2) is 10.3. The van der Waals surface area contributed by atoms with E-state index in [2.05, 4.69) is 147 Å². The molecule has 1 heteroatoms. The van der Waals surface area contributed by atoms with Gasteiger partial charge in [0.05, 0.1) is 0 Å². The molecule has 0 atom stereocenters. The second-order valence-electron chi connectivity index (χ2n) is 12.2. The first-order chi connectivity index (χ1) is 22.7. The highest BCUT2D eigenvalue weighted by atomic mass is 16.3. The molecule has 216 valence electrons. The summed E-state index contributed by atoms with van der Waals surface area (Å²) in [5, 5.41) is 13.3. The van der Waals surface area contributed by atoms with Crippen LogP contribution in [0.5, 0.6) is 0 Å². The van der Waals surface area contributed by atoms with E-state index >= 15 is 0 Å². The zero-order chi connectivity index (χ0) is 30.8. The highest BCUT2D eigenvalue weighted by molar-refractivity contribution is 6.25. The smallest absolute Gasteiger partial charge is 0.135 e. The Kier molecular flexibility index (Phi) is 5.94. The fourth-order valence-corrected chi connectivity index (χ4v) is 7.34. The van der Waals surface area contributed by atoms with E-state index in [1.807, 2.05) is 18.2 Å². The van der Waals surface area contributed by atoms with Crippen molar-refractivity contribution in [3.8, 4) is 22.3 Å². The Morgan fingerprint density at radius 2 is 1.07 bits per heavy atom. The number of furan rings is 1. The van der Waals surface area contributed by atoms with Crippen LogP contribution in [0.25, 0.3) is 89.0 Å². The highest BCUT2D eigenvalue weighted by Crippen LogP contribution is 2.47. The monoisotopic (exact) mass is 586 g/mol. The van der Waals surface area contributed by atoms with E-state index in [-0.39, 0.29) is 0 Å². The van der Waals surface area contributed by atoms with E-state index in [4.69, 9.17) is 4.42 Å². The maximum Gasteiger partial charge on any atom is 0.135 e. The van der Waals surface area contributed by atoms with Crippen molar-refractivity contribution in [1.29, 1.82) is 0 Å². The fourth-order valence-electron chi connectivity index (χ4n) is 7.34. The van der Waals surface area contributed by atoms with Crippen LogP contribution in [0.3, 0.4) is 0 Å². The molecule has 1 nitrogen and oxygen atoms in total. The third-order valence-corrected chi connectivity index (χ3v) is 9.57. The first-order valence-electron chi connectivity index (χ1n) is 15.8. The molecule has 0 N–H and O–H groups in total. The molecule has 0 amide bonds. The minimum absolute atomic E-state index is 0.872. The standard InChI is InChI=1S/C45H30O/c1-28-13-3-4-14-30(28)27-43-29(2)40-26-32(23-24-42(40)46-43)44-36-19-9-11-21-38(36)45(39-22-12-10-20-37(39)44)41-25-31-15-5-6-16-33(31)34-17-7-8-18-35(34)41/h3-27H,1H2,2H3/b30-27-. The van der Waals surface area contributed by atoms with Crippen molar-refractivity contribution in [3.63, 3.8) is 0 Å². The first-order valence-corrected chi connectivity index (χ1v) is 15.8. The van der Waals surface area contributed by atoms with Crippen molar-refractivity contribution in [2.24, 2.45) is 0 Å². The molecule has 9 aromatic rings. The predicted molar refractivity (Wildman–Crippen MR) is 197 cm³/mol. The van der Waals surface area contributed by atoms with Crippen molar-refractivity contribution in [2.45, 2.75) is 6.92 Å². The van der Waals surface area contributed by atoms with Gasteiger partial charge in [-0.15, -0.1) is 0 Å². The van der Waals surface area contributed by atoms with E-state index in [1.165, 1.54) is 65.3 Å². The van der Waals surface area contributed by atoms with Crippen LogP contribution >= 0.6 is 0 Å². The van der Waals surface area contributed by atoms with Gasteiger partial charge in [-0.1, -0.05) is 134 Å². The minimum atomic E-state index is 0.872. The van der Waals surface area contributed by atoms with Gasteiger partial charge in [-0.2, -0.15) is 0 Å². The van der Waals surface area contributed by atoms with Crippen LogP contribution in [-0.4, -0.2) is 0 Å². The molecule has 0 saturated heterocycles. The highest BCUT2D eigenvalue weighted by Gasteiger charge is 2.20. The van der Waals surface area contributed by atoms with Gasteiger partial charge in [0.2, 0.25) is 0 Å². The predicted octanol–water partition coefficient (Wildman–Crippen LogP) is 10.9. The number of benzene rings is 8.